The Kier molecular flexibility index (Phi) is 7.99. The highest BCUT2D eigenvalue weighted by Crippen LogP contribution is 2.19. The molecule has 0 unspecified atom stereocenters. The Morgan fingerprint density at radius 3 is 2.16 bits per heavy atom. The van der Waals surface area contributed by atoms with E-state index in [0.717, 1.165) is 30.7 Å². The molecule has 5 heteroatoms. The van der Waals surface area contributed by atoms with Gasteiger partial charge in [0.25, 0.3) is 0 Å². The Morgan fingerprint density at radius 2 is 1.56 bits per heavy atom. The molecule has 0 spiro atoms. The van der Waals surface area contributed by atoms with Gasteiger partial charge in [0, 0.05) is 11.4 Å². The predicted octanol–water partition coefficient (Wildman–Crippen LogP) is 4.94. The third-order valence-corrected chi connectivity index (χ3v) is 4.65. The second-order valence-corrected chi connectivity index (χ2v) is 6.86. The number of Topliss-reactive ketones (excluding diaryl/α,β-unsaturated/α-hetero) is 1. The van der Waals surface area contributed by atoms with Crippen molar-refractivity contribution in [1.29, 1.82) is 0 Å². The number of halogens is 1. The van der Waals surface area contributed by atoms with Crippen LogP contribution in [0.25, 0.3) is 0 Å². The Balaban J connectivity index is 1.49. The van der Waals surface area contributed by atoms with Gasteiger partial charge in [-0.2, -0.15) is 0 Å². The van der Waals surface area contributed by atoms with Crippen molar-refractivity contribution < 1.29 is 19.4 Å². The van der Waals surface area contributed by atoms with Gasteiger partial charge in [0.05, 0.1) is 0 Å². The van der Waals surface area contributed by atoms with Gasteiger partial charge in [-0.25, -0.2) is 4.79 Å². The van der Waals surface area contributed by atoms with E-state index >= 15 is 0 Å². The molecule has 4 nitrogen and oxygen atoms in total. The van der Waals surface area contributed by atoms with Gasteiger partial charge >= 0.3 is 5.97 Å². The lowest BCUT2D eigenvalue weighted by Gasteiger charge is -2.04. The highest BCUT2D eigenvalue weighted by atomic mass is 35.5. The maximum atomic E-state index is 11.4. The quantitative estimate of drug-likeness (QED) is 0.210. The van der Waals surface area contributed by atoms with Gasteiger partial charge in [-0.15, -0.1) is 0 Å². The summed E-state index contributed by atoms with van der Waals surface area (Å²) in [4.78, 5) is 22.7. The molecule has 1 aliphatic heterocycles. The summed E-state index contributed by atoms with van der Waals surface area (Å²) in [5, 5.41) is 10.6. The summed E-state index contributed by atoms with van der Waals surface area (Å²) in [5.74, 6) is -1.22. The first kappa shape index (κ1) is 19.5. The molecule has 1 heterocycles. The average molecular weight is 365 g/mol. The minimum atomic E-state index is -0.691. The summed E-state index contributed by atoms with van der Waals surface area (Å²) < 4.78 is 4.61. The van der Waals surface area contributed by atoms with Crippen LogP contribution in [0.15, 0.2) is 35.6 Å². The van der Waals surface area contributed by atoms with E-state index < -0.39 is 11.8 Å². The molecule has 0 bridgehead atoms. The van der Waals surface area contributed by atoms with Gasteiger partial charge in [-0.3, -0.25) is 4.79 Å². The van der Waals surface area contributed by atoms with E-state index in [0.29, 0.717) is 6.42 Å². The van der Waals surface area contributed by atoms with Crippen molar-refractivity contribution in [3.05, 3.63) is 46.2 Å². The van der Waals surface area contributed by atoms with Crippen LogP contribution in [0, 0.1) is 0 Å². The summed E-state index contributed by atoms with van der Waals surface area (Å²) in [6.45, 7) is -0.242. The molecule has 0 radical (unpaired) electrons. The number of hydrogen-bond donors (Lipinski definition) is 1. The molecule has 0 aliphatic carbocycles. The molecular weight excluding hydrogens is 340 g/mol. The van der Waals surface area contributed by atoms with Gasteiger partial charge in [0.15, 0.2) is 6.61 Å². The van der Waals surface area contributed by atoms with E-state index in [-0.39, 0.29) is 17.9 Å². The van der Waals surface area contributed by atoms with E-state index in [1.807, 2.05) is 12.1 Å². The largest absolute Gasteiger partial charge is 0.511 e. The number of aliphatic hydroxyl groups excluding tert-OH is 1. The smallest absolute Gasteiger partial charge is 0.345 e. The fourth-order valence-electron chi connectivity index (χ4n) is 2.95. The Labute approximate surface area is 153 Å². The van der Waals surface area contributed by atoms with Crippen LogP contribution in [0.4, 0.5) is 0 Å². The van der Waals surface area contributed by atoms with Crippen molar-refractivity contribution in [1.82, 2.24) is 0 Å². The number of unbranched alkanes of at least 4 members (excludes halogenated alkanes) is 6. The predicted molar refractivity (Wildman–Crippen MR) is 97.7 cm³/mol. The van der Waals surface area contributed by atoms with Crippen LogP contribution in [0.2, 0.25) is 5.02 Å². The first-order chi connectivity index (χ1) is 12.1. The highest BCUT2D eigenvalue weighted by Gasteiger charge is 2.31. The number of benzene rings is 1. The third-order valence-electron chi connectivity index (χ3n) is 4.40. The highest BCUT2D eigenvalue weighted by molar-refractivity contribution is 6.30. The Bertz CT molecular complexity index is 601. The number of carbonyl (C=O) groups is 2. The Morgan fingerprint density at radius 1 is 0.960 bits per heavy atom. The lowest BCUT2D eigenvalue weighted by molar-refractivity contribution is -0.135. The van der Waals surface area contributed by atoms with Crippen LogP contribution in [0.5, 0.6) is 0 Å². The van der Waals surface area contributed by atoms with Crippen LogP contribution < -0.4 is 0 Å². The normalized spacial score (nSPS) is 16.2. The average Bonchev–Trinajstić information content (AvgIpc) is 2.93. The van der Waals surface area contributed by atoms with E-state index in [9.17, 15) is 14.7 Å². The number of ether oxygens (including phenoxy) is 1. The molecular formula is C20H25ClO4. The molecule has 1 fully saturated rings. The van der Waals surface area contributed by atoms with Gasteiger partial charge in [0.1, 0.15) is 11.3 Å². The molecule has 1 aromatic rings. The maximum Gasteiger partial charge on any atom is 0.345 e. The fourth-order valence-corrected chi connectivity index (χ4v) is 3.08. The lowest BCUT2D eigenvalue weighted by atomic mass is 10.0. The molecule has 0 atom stereocenters. The van der Waals surface area contributed by atoms with Crippen LogP contribution in [-0.2, 0) is 20.7 Å². The number of ketones is 1. The molecule has 0 aromatic heterocycles. The molecule has 1 N–H and O–H groups in total. The summed E-state index contributed by atoms with van der Waals surface area (Å²) in [7, 11) is 0. The first-order valence-electron chi connectivity index (χ1n) is 8.95. The van der Waals surface area contributed by atoms with Crippen molar-refractivity contribution >= 4 is 23.4 Å². The number of aryl methyl sites for hydroxylation is 1. The second-order valence-electron chi connectivity index (χ2n) is 6.42. The monoisotopic (exact) mass is 364 g/mol. The molecule has 0 saturated carbocycles. The van der Waals surface area contributed by atoms with E-state index in [1.165, 1.54) is 31.2 Å². The summed E-state index contributed by atoms with van der Waals surface area (Å²) in [6, 6.07) is 8.02. The maximum absolute atomic E-state index is 11.4. The number of esters is 1. The molecule has 1 saturated heterocycles. The van der Waals surface area contributed by atoms with E-state index in [2.05, 4.69) is 16.9 Å². The van der Waals surface area contributed by atoms with Gasteiger partial charge in [0.2, 0.25) is 5.78 Å². The minimum absolute atomic E-state index is 0.115. The molecule has 0 amide bonds. The molecule has 1 aliphatic rings. The zero-order valence-corrected chi connectivity index (χ0v) is 15.2. The van der Waals surface area contributed by atoms with Crippen molar-refractivity contribution in [3.63, 3.8) is 0 Å². The zero-order valence-electron chi connectivity index (χ0n) is 14.4. The topological polar surface area (TPSA) is 63.6 Å². The molecule has 1 aromatic carbocycles. The summed E-state index contributed by atoms with van der Waals surface area (Å²) >= 11 is 5.87. The minimum Gasteiger partial charge on any atom is -0.511 e. The van der Waals surface area contributed by atoms with Gasteiger partial charge < -0.3 is 9.84 Å². The number of rotatable bonds is 10. The number of hydrogen-bond acceptors (Lipinski definition) is 4. The number of carbonyl (C=O) groups excluding carboxylic acids is 2. The summed E-state index contributed by atoms with van der Waals surface area (Å²) in [6.07, 6.45) is 9.07. The second kappa shape index (κ2) is 10.2. The van der Waals surface area contributed by atoms with Crippen LogP contribution >= 0.6 is 11.6 Å². The Hall–Kier alpha value is -1.81. The van der Waals surface area contributed by atoms with E-state index in [4.69, 9.17) is 11.6 Å². The summed E-state index contributed by atoms with van der Waals surface area (Å²) in [5.41, 5.74) is 1.18. The van der Waals surface area contributed by atoms with Crippen LogP contribution in [0.3, 0.4) is 0 Å². The standard InChI is InChI=1S/C20H25ClO4/c21-16-12-10-15(11-13-16)8-6-4-2-1-3-5-7-9-17(22)19-18(23)14-25-20(19)24/h10-13,22H,1-9,14H2/b19-17+. The number of aliphatic hydroxyl groups is 1. The van der Waals surface area contributed by atoms with Gasteiger partial charge in [-0.1, -0.05) is 55.8 Å². The van der Waals surface area contributed by atoms with Crippen molar-refractivity contribution in [2.75, 3.05) is 6.61 Å². The fraction of sp³-hybridized carbons (Fsp3) is 0.500. The number of allylic oxidation sites excluding steroid dienone is 1. The van der Waals surface area contributed by atoms with Gasteiger partial charge in [-0.05, 0) is 37.0 Å². The van der Waals surface area contributed by atoms with E-state index in [1.54, 1.807) is 0 Å². The van der Waals surface area contributed by atoms with Crippen LogP contribution in [-0.4, -0.2) is 23.5 Å². The van der Waals surface area contributed by atoms with Crippen LogP contribution in [0.1, 0.15) is 56.9 Å². The van der Waals surface area contributed by atoms with Crippen molar-refractivity contribution in [2.24, 2.45) is 0 Å². The van der Waals surface area contributed by atoms with Crippen molar-refractivity contribution in [3.8, 4) is 0 Å². The first-order valence-corrected chi connectivity index (χ1v) is 9.32. The lowest BCUT2D eigenvalue weighted by Crippen LogP contribution is -2.05. The number of cyclic esters (lactones) is 1. The molecule has 25 heavy (non-hydrogen) atoms. The third kappa shape index (κ3) is 6.54. The molecule has 2 rings (SSSR count). The van der Waals surface area contributed by atoms with Crippen molar-refractivity contribution in [2.45, 2.75) is 57.8 Å². The SMILES string of the molecule is O=C1COC(=O)/C1=C(/O)CCCCCCCCCc1ccc(Cl)cc1. The zero-order chi connectivity index (χ0) is 18.1. The molecule has 136 valence electrons.